The number of nitrogens with one attached hydrogen (secondary N) is 2. The standard InChI is InChI=1S/C44H72ClN5O10/c1-11-35-44(7,56)42(54)50(10)25-26(2)24-43(6,55)39(28(4)37(52)29(5)40(53)59-35)60-41-38(34(49(8)9)22-27(3)58-41)57-21-13-19-48-36(51)14-12-18-46-32-17-20-47-33-23-30(45)15-16-31(32)33/h15-17,20,23,26-29,34-35,37-39,41-42,52,54-56H,11-14,18-19,21-22,24-25H2,1-10H3,(H,46,47)(H,48,51)/t26-,27?,28+,29?,34?,35-,37+,38-,39-,41?,42?,43-,44-/m1/s1. The van der Waals surface area contributed by atoms with Crippen LogP contribution in [-0.4, -0.2) is 155 Å². The Morgan fingerprint density at radius 1 is 1.10 bits per heavy atom. The molecule has 4 rings (SSSR count). The van der Waals surface area contributed by atoms with Crippen molar-refractivity contribution in [2.45, 2.75) is 147 Å². The van der Waals surface area contributed by atoms with E-state index in [-0.39, 0.29) is 43.4 Å². The molecular formula is C44H72ClN5O10. The second-order valence-electron chi connectivity index (χ2n) is 17.9. The summed E-state index contributed by atoms with van der Waals surface area (Å²) in [5.74, 6) is -2.88. The predicted molar refractivity (Wildman–Crippen MR) is 231 cm³/mol. The summed E-state index contributed by atoms with van der Waals surface area (Å²) in [4.78, 5) is 34.3. The molecule has 60 heavy (non-hydrogen) atoms. The molecular weight excluding hydrogens is 794 g/mol. The van der Waals surface area contributed by atoms with Crippen molar-refractivity contribution in [3.8, 4) is 0 Å². The van der Waals surface area contributed by atoms with Gasteiger partial charge in [-0.05, 0) is 111 Å². The van der Waals surface area contributed by atoms with Crippen LogP contribution in [0.15, 0.2) is 30.5 Å². The Bertz CT molecular complexity index is 1680. The van der Waals surface area contributed by atoms with Gasteiger partial charge in [0.2, 0.25) is 5.91 Å². The summed E-state index contributed by atoms with van der Waals surface area (Å²) in [5.41, 5.74) is -1.63. The van der Waals surface area contributed by atoms with Gasteiger partial charge in [-0.3, -0.25) is 19.5 Å². The third kappa shape index (κ3) is 12.9. The molecule has 340 valence electrons. The van der Waals surface area contributed by atoms with E-state index >= 15 is 0 Å². The molecule has 13 atom stereocenters. The minimum absolute atomic E-state index is 0.0578. The van der Waals surface area contributed by atoms with Crippen molar-refractivity contribution >= 4 is 40.1 Å². The van der Waals surface area contributed by atoms with E-state index in [0.717, 1.165) is 16.6 Å². The van der Waals surface area contributed by atoms with Crippen LogP contribution in [0.5, 0.6) is 0 Å². The van der Waals surface area contributed by atoms with Crippen LogP contribution in [0.25, 0.3) is 10.9 Å². The lowest BCUT2D eigenvalue weighted by Crippen LogP contribution is -2.61. The number of fused-ring (bicyclic) bond motifs is 1. The molecule has 3 heterocycles. The number of benzene rings is 1. The second kappa shape index (κ2) is 22.1. The monoisotopic (exact) mass is 865 g/mol. The number of cyclic esters (lactones) is 1. The fourth-order valence-electron chi connectivity index (χ4n) is 8.89. The minimum atomic E-state index is -1.81. The topological polar surface area (TPSA) is 195 Å². The van der Waals surface area contributed by atoms with Crippen LogP contribution in [0.1, 0.15) is 87.0 Å². The normalized spacial score (nSPS) is 35.2. The number of esters is 1. The summed E-state index contributed by atoms with van der Waals surface area (Å²) in [7, 11) is 5.59. The molecule has 0 radical (unpaired) electrons. The number of anilines is 1. The number of rotatable bonds is 14. The van der Waals surface area contributed by atoms with E-state index in [0.29, 0.717) is 50.4 Å². The first-order valence-corrected chi connectivity index (χ1v) is 21.9. The summed E-state index contributed by atoms with van der Waals surface area (Å²) in [6, 6.07) is 7.35. The Labute approximate surface area is 361 Å². The Balaban J connectivity index is 1.42. The van der Waals surface area contributed by atoms with E-state index in [4.69, 9.17) is 30.5 Å². The zero-order valence-corrected chi connectivity index (χ0v) is 38.0. The van der Waals surface area contributed by atoms with Crippen molar-refractivity contribution in [2.75, 3.05) is 52.7 Å². The van der Waals surface area contributed by atoms with Gasteiger partial charge in [0.15, 0.2) is 6.29 Å². The summed E-state index contributed by atoms with van der Waals surface area (Å²) >= 11 is 6.12. The molecule has 1 aromatic heterocycles. The third-order valence-electron chi connectivity index (χ3n) is 12.2. The predicted octanol–water partition coefficient (Wildman–Crippen LogP) is 4.17. The van der Waals surface area contributed by atoms with Gasteiger partial charge >= 0.3 is 5.97 Å². The number of amides is 1. The molecule has 16 heteroatoms. The summed E-state index contributed by atoms with van der Waals surface area (Å²) < 4.78 is 25.5. The van der Waals surface area contributed by atoms with E-state index in [9.17, 15) is 30.0 Å². The lowest BCUT2D eigenvalue weighted by molar-refractivity contribution is -0.306. The number of carbonyl (C=O) groups excluding carboxylic acids is 2. The molecule has 5 unspecified atom stereocenters. The summed E-state index contributed by atoms with van der Waals surface area (Å²) in [6.45, 7) is 13.6. The maximum atomic E-state index is 13.5. The van der Waals surface area contributed by atoms with Crippen molar-refractivity contribution in [2.24, 2.45) is 17.8 Å². The van der Waals surface area contributed by atoms with Gasteiger partial charge in [0.25, 0.3) is 0 Å². The Morgan fingerprint density at radius 2 is 1.82 bits per heavy atom. The van der Waals surface area contributed by atoms with E-state index < -0.39 is 65.9 Å². The summed E-state index contributed by atoms with van der Waals surface area (Å²) in [6.07, 6.45) is -2.23. The maximum Gasteiger partial charge on any atom is 0.311 e. The highest BCUT2D eigenvalue weighted by molar-refractivity contribution is 6.31. The van der Waals surface area contributed by atoms with Crippen molar-refractivity contribution in [1.29, 1.82) is 0 Å². The average molecular weight is 867 g/mol. The molecule has 0 saturated carbocycles. The molecule has 0 aliphatic carbocycles. The van der Waals surface area contributed by atoms with Crippen LogP contribution in [0.2, 0.25) is 5.02 Å². The number of aliphatic hydroxyl groups is 4. The molecule has 2 aliphatic rings. The third-order valence-corrected chi connectivity index (χ3v) is 12.4. The van der Waals surface area contributed by atoms with Crippen LogP contribution in [0.4, 0.5) is 5.69 Å². The largest absolute Gasteiger partial charge is 0.459 e. The highest BCUT2D eigenvalue weighted by atomic mass is 35.5. The van der Waals surface area contributed by atoms with Crippen molar-refractivity contribution in [3.05, 3.63) is 35.5 Å². The Kier molecular flexibility index (Phi) is 18.4. The first kappa shape index (κ1) is 50.0. The average Bonchev–Trinajstić information content (AvgIpc) is 3.18. The number of aliphatic hydroxyl groups excluding tert-OH is 2. The van der Waals surface area contributed by atoms with Gasteiger partial charge in [0, 0.05) is 66.9 Å². The maximum absolute atomic E-state index is 13.5. The zero-order valence-electron chi connectivity index (χ0n) is 37.3. The van der Waals surface area contributed by atoms with Crippen LogP contribution in [-0.2, 0) is 28.5 Å². The van der Waals surface area contributed by atoms with E-state index in [1.807, 2.05) is 52.2 Å². The SMILES string of the molecule is CC[C@H]1OC(=O)C(C)[C@@H](O)[C@H](C)[C@@H](OC2OC(C)CC(N(C)C)[C@H]2OCCCNC(=O)CCCNc2ccnc3cc(Cl)ccc23)[C@](C)(O)C[C@@H](C)CN(C)C(O)[C@]1(C)O. The van der Waals surface area contributed by atoms with E-state index in [1.165, 1.54) is 13.8 Å². The van der Waals surface area contributed by atoms with Gasteiger partial charge in [0.05, 0.1) is 35.3 Å². The summed E-state index contributed by atoms with van der Waals surface area (Å²) in [5, 5.41) is 54.6. The molecule has 1 amide bonds. The quantitative estimate of drug-likeness (QED) is 0.117. The minimum Gasteiger partial charge on any atom is -0.459 e. The lowest BCUT2D eigenvalue weighted by Gasteiger charge is -2.48. The van der Waals surface area contributed by atoms with Crippen LogP contribution in [0.3, 0.4) is 0 Å². The van der Waals surface area contributed by atoms with Crippen molar-refractivity contribution in [1.82, 2.24) is 20.1 Å². The number of carbonyl (C=O) groups is 2. The number of hydrogen-bond donors (Lipinski definition) is 6. The fraction of sp³-hybridized carbons (Fsp3) is 0.750. The van der Waals surface area contributed by atoms with Gasteiger partial charge in [0.1, 0.15) is 24.0 Å². The van der Waals surface area contributed by atoms with Crippen LogP contribution < -0.4 is 10.6 Å². The number of ether oxygens (including phenoxy) is 4. The number of hydrogen-bond acceptors (Lipinski definition) is 14. The first-order valence-electron chi connectivity index (χ1n) is 21.5. The smallest absolute Gasteiger partial charge is 0.311 e. The van der Waals surface area contributed by atoms with Crippen LogP contribution in [0, 0.1) is 17.8 Å². The fourth-order valence-corrected chi connectivity index (χ4v) is 9.05. The highest BCUT2D eigenvalue weighted by Crippen LogP contribution is 2.37. The van der Waals surface area contributed by atoms with E-state index in [2.05, 4.69) is 20.5 Å². The number of halogens is 1. The highest BCUT2D eigenvalue weighted by Gasteiger charge is 2.50. The van der Waals surface area contributed by atoms with Crippen LogP contribution >= 0.6 is 11.6 Å². The number of likely N-dealkylation sites (N-methyl/N-ethyl adjacent to an activating group) is 2. The van der Waals surface area contributed by atoms with Gasteiger partial charge in [-0.25, -0.2) is 0 Å². The van der Waals surface area contributed by atoms with Gasteiger partial charge < -0.3 is 54.9 Å². The molecule has 2 aromatic rings. The van der Waals surface area contributed by atoms with Crippen molar-refractivity contribution < 1.29 is 49.0 Å². The zero-order chi connectivity index (χ0) is 44.5. The molecule has 1 aromatic carbocycles. The van der Waals surface area contributed by atoms with Crippen molar-refractivity contribution in [3.63, 3.8) is 0 Å². The molecule has 2 aliphatic heterocycles. The first-order chi connectivity index (χ1) is 28.2. The molecule has 6 N–H and O–H groups in total. The molecule has 0 spiro atoms. The molecule has 2 saturated heterocycles. The molecule has 0 bridgehead atoms. The van der Waals surface area contributed by atoms with E-state index in [1.54, 1.807) is 38.9 Å². The molecule has 15 nitrogen and oxygen atoms in total. The number of nitrogens with zero attached hydrogens (tertiary/aromatic N) is 3. The number of aromatic nitrogens is 1. The van der Waals surface area contributed by atoms with Gasteiger partial charge in [-0.1, -0.05) is 32.4 Å². The van der Waals surface area contributed by atoms with Gasteiger partial charge in [-0.2, -0.15) is 0 Å². The van der Waals surface area contributed by atoms with Gasteiger partial charge in [-0.15, -0.1) is 0 Å². The second-order valence-corrected chi connectivity index (χ2v) is 18.3. The number of pyridine rings is 1. The lowest BCUT2D eigenvalue weighted by atomic mass is 9.77. The Hall–Kier alpha value is -2.70. The Morgan fingerprint density at radius 3 is 2.50 bits per heavy atom. The molecule has 2 fully saturated rings.